The first-order valence-electron chi connectivity index (χ1n) is 4.65. The van der Waals surface area contributed by atoms with E-state index in [2.05, 4.69) is 5.09 Å². The van der Waals surface area contributed by atoms with Crippen LogP contribution in [0.1, 0.15) is 6.42 Å². The van der Waals surface area contributed by atoms with Gasteiger partial charge in [-0.15, -0.1) is 0 Å². The lowest BCUT2D eigenvalue weighted by atomic mass is 9.95. The molecule has 7 heteroatoms. The first kappa shape index (κ1) is 12.2. The first-order valence-corrected chi connectivity index (χ1v) is 6.75. The van der Waals surface area contributed by atoms with Gasteiger partial charge in [-0.1, -0.05) is 0 Å². The fraction of sp³-hybridized carbons (Fsp3) is 1.00. The molecule has 1 rings (SSSR count). The van der Waals surface area contributed by atoms with E-state index in [4.69, 9.17) is 9.47 Å². The molecule has 1 fully saturated rings. The average Bonchev–Trinajstić information content (AvgIpc) is 2.28. The highest BCUT2D eigenvalue weighted by Gasteiger charge is 2.35. The highest BCUT2D eigenvalue weighted by molar-refractivity contribution is 7.55. The molecule has 0 spiro atoms. The summed E-state index contributed by atoms with van der Waals surface area (Å²) in [5, 5.41) is 2.69. The van der Waals surface area contributed by atoms with Gasteiger partial charge >= 0.3 is 0 Å². The van der Waals surface area contributed by atoms with E-state index in [0.29, 0.717) is 6.61 Å². The third-order valence-electron chi connectivity index (χ3n) is 2.18. The molecule has 0 aromatic rings. The fourth-order valence-corrected chi connectivity index (χ4v) is 2.61. The van der Waals surface area contributed by atoms with Gasteiger partial charge in [-0.25, -0.2) is 5.09 Å². The topological polar surface area (TPSA) is 67.8 Å². The molecule has 0 aliphatic carbocycles. The van der Waals surface area contributed by atoms with Gasteiger partial charge in [0.05, 0.1) is 12.7 Å². The minimum atomic E-state index is -3.19. The summed E-state index contributed by atoms with van der Waals surface area (Å²) in [7, 11) is 0.350. The predicted octanol–water partition coefficient (Wildman–Crippen LogP) is -0.846. The van der Waals surface area contributed by atoms with Crippen LogP contribution in [0.4, 0.5) is 0 Å². The third-order valence-corrected chi connectivity index (χ3v) is 2.99. The Kier molecular flexibility index (Phi) is 4.16. The third kappa shape index (κ3) is 3.71. The normalized spacial score (nSPS) is 36.9. The molecule has 1 aliphatic heterocycles. The molecule has 0 aromatic heterocycles. The molecule has 5 nitrogen and oxygen atoms in total. The molecule has 1 aliphatic rings. The van der Waals surface area contributed by atoms with Crippen molar-refractivity contribution in [1.29, 1.82) is 0 Å². The summed E-state index contributed by atoms with van der Waals surface area (Å²) in [6, 6.07) is 0.0185. The maximum atomic E-state index is 11.2. The zero-order valence-corrected chi connectivity index (χ0v) is 9.66. The number of methoxy groups -OCH3 is 1. The van der Waals surface area contributed by atoms with E-state index in [1.165, 1.54) is 6.66 Å². The molecule has 0 aromatic carbocycles. The SMILES string of the molecule is B[C@H]1CC(NP(C)(=O)O)[C@@H](COC)O1. The van der Waals surface area contributed by atoms with Crippen molar-refractivity contribution in [2.75, 3.05) is 20.4 Å². The van der Waals surface area contributed by atoms with E-state index in [9.17, 15) is 9.46 Å². The predicted molar refractivity (Wildman–Crippen MR) is 56.4 cm³/mol. The van der Waals surface area contributed by atoms with Crippen molar-refractivity contribution < 1.29 is 18.9 Å². The van der Waals surface area contributed by atoms with Crippen LogP contribution in [0.3, 0.4) is 0 Å². The second kappa shape index (κ2) is 4.77. The molecule has 2 unspecified atom stereocenters. The maximum absolute atomic E-state index is 11.2. The summed E-state index contributed by atoms with van der Waals surface area (Å²) in [5.41, 5.74) is 0. The van der Waals surface area contributed by atoms with Gasteiger partial charge < -0.3 is 14.4 Å². The summed E-state index contributed by atoms with van der Waals surface area (Å²) in [6.07, 6.45) is 0.613. The van der Waals surface area contributed by atoms with Crippen LogP contribution in [0.5, 0.6) is 0 Å². The summed E-state index contributed by atoms with van der Waals surface area (Å²) < 4.78 is 21.7. The van der Waals surface area contributed by atoms with Gasteiger partial charge in [0, 0.05) is 25.8 Å². The lowest BCUT2D eigenvalue weighted by molar-refractivity contribution is 0.0181. The molecule has 0 radical (unpaired) electrons. The number of rotatable bonds is 4. The van der Waals surface area contributed by atoms with Crippen LogP contribution < -0.4 is 5.09 Å². The number of ether oxygens (including phenoxy) is 2. The van der Waals surface area contributed by atoms with E-state index < -0.39 is 7.52 Å². The first-order chi connectivity index (χ1) is 6.42. The zero-order chi connectivity index (χ0) is 10.8. The molecule has 1 heterocycles. The van der Waals surface area contributed by atoms with Crippen LogP contribution in [-0.2, 0) is 14.0 Å². The molecule has 82 valence electrons. The summed E-state index contributed by atoms with van der Waals surface area (Å²) in [4.78, 5) is 9.20. The molecule has 14 heavy (non-hydrogen) atoms. The van der Waals surface area contributed by atoms with E-state index >= 15 is 0 Å². The van der Waals surface area contributed by atoms with Crippen molar-refractivity contribution in [2.45, 2.75) is 24.6 Å². The van der Waals surface area contributed by atoms with Crippen molar-refractivity contribution in [3.8, 4) is 0 Å². The molecular weight excluding hydrogens is 204 g/mol. The molecule has 1 saturated heterocycles. The minimum Gasteiger partial charge on any atom is -0.382 e. The van der Waals surface area contributed by atoms with Gasteiger partial charge in [0.15, 0.2) is 0 Å². The monoisotopic (exact) mass is 221 g/mol. The van der Waals surface area contributed by atoms with Crippen molar-refractivity contribution in [3.05, 3.63) is 0 Å². The second-order valence-electron chi connectivity index (χ2n) is 3.79. The second-order valence-corrected chi connectivity index (χ2v) is 5.81. The van der Waals surface area contributed by atoms with Gasteiger partial charge in [-0.05, 0) is 6.42 Å². The van der Waals surface area contributed by atoms with E-state index in [-0.39, 0.29) is 18.1 Å². The highest BCUT2D eigenvalue weighted by atomic mass is 31.2. The molecule has 4 atom stereocenters. The van der Waals surface area contributed by atoms with Crippen LogP contribution in [0.15, 0.2) is 0 Å². The number of hydrogen-bond donors (Lipinski definition) is 2. The van der Waals surface area contributed by atoms with Crippen LogP contribution in [-0.4, -0.2) is 51.3 Å². The smallest absolute Gasteiger partial charge is 0.264 e. The van der Waals surface area contributed by atoms with Gasteiger partial charge in [0.25, 0.3) is 7.52 Å². The fourth-order valence-electron chi connectivity index (χ4n) is 1.72. The van der Waals surface area contributed by atoms with Crippen LogP contribution in [0, 0.1) is 0 Å². The van der Waals surface area contributed by atoms with Crippen molar-refractivity contribution in [3.63, 3.8) is 0 Å². The van der Waals surface area contributed by atoms with Gasteiger partial charge in [-0.3, -0.25) is 4.57 Å². The minimum absolute atomic E-state index is 0.0919. The highest BCUT2D eigenvalue weighted by Crippen LogP contribution is 2.33. The Morgan fingerprint density at radius 3 is 2.93 bits per heavy atom. The van der Waals surface area contributed by atoms with Crippen LogP contribution >= 0.6 is 7.52 Å². The maximum Gasteiger partial charge on any atom is 0.264 e. The lowest BCUT2D eigenvalue weighted by Gasteiger charge is -2.20. The Labute approximate surface area is 85.1 Å². The van der Waals surface area contributed by atoms with Gasteiger partial charge in [0.2, 0.25) is 0 Å². The summed E-state index contributed by atoms with van der Waals surface area (Å²) in [6.45, 7) is 1.74. The van der Waals surface area contributed by atoms with Crippen LogP contribution in [0.2, 0.25) is 0 Å². The molecule has 2 N–H and O–H groups in total. The zero-order valence-electron chi connectivity index (χ0n) is 8.77. The quantitative estimate of drug-likeness (QED) is 0.478. The Bertz CT molecular complexity index is 234. The largest absolute Gasteiger partial charge is 0.382 e. The number of nitrogens with one attached hydrogen (secondary N) is 1. The Morgan fingerprint density at radius 2 is 2.43 bits per heavy atom. The van der Waals surface area contributed by atoms with E-state index in [1.54, 1.807) is 7.11 Å². The Morgan fingerprint density at radius 1 is 1.79 bits per heavy atom. The lowest BCUT2D eigenvalue weighted by Crippen LogP contribution is -2.36. The Balaban J connectivity index is 2.53. The van der Waals surface area contributed by atoms with Crippen molar-refractivity contribution in [2.24, 2.45) is 0 Å². The van der Waals surface area contributed by atoms with Crippen molar-refractivity contribution in [1.82, 2.24) is 5.09 Å². The summed E-state index contributed by atoms with van der Waals surface area (Å²) in [5.74, 6) is 0. The molecule has 0 bridgehead atoms. The molecule has 0 amide bonds. The van der Waals surface area contributed by atoms with Gasteiger partial charge in [0.1, 0.15) is 7.85 Å². The van der Waals surface area contributed by atoms with Gasteiger partial charge in [-0.2, -0.15) is 0 Å². The van der Waals surface area contributed by atoms with Crippen molar-refractivity contribution >= 4 is 15.4 Å². The number of hydrogen-bond acceptors (Lipinski definition) is 3. The average molecular weight is 221 g/mol. The van der Waals surface area contributed by atoms with E-state index in [1.807, 2.05) is 7.85 Å². The van der Waals surface area contributed by atoms with E-state index in [0.717, 1.165) is 6.42 Å². The standard InChI is InChI=1S/C7H17BNO4P/c1-12-4-6-5(3-7(8)13-6)9-14(2,10)11/h5-7H,3-4,8H2,1-2H3,(H2,9,10,11)/t5?,6-,7-/m1/s1. The Hall–Kier alpha value is 0.135. The molecular formula is C7H17BNO4P. The van der Waals surface area contributed by atoms with Crippen LogP contribution in [0.25, 0.3) is 0 Å². The molecule has 0 saturated carbocycles. The summed E-state index contributed by atoms with van der Waals surface area (Å²) >= 11 is 0.